The zero-order chi connectivity index (χ0) is 14.8. The zero-order valence-corrected chi connectivity index (χ0v) is 11.3. The number of hydrogen-bond donors (Lipinski definition) is 7. The van der Waals surface area contributed by atoms with E-state index in [0.29, 0.717) is 0 Å². The zero-order valence-electron chi connectivity index (χ0n) is 9.54. The first kappa shape index (κ1) is 16.3. The van der Waals surface area contributed by atoms with Crippen molar-refractivity contribution in [3.63, 3.8) is 0 Å². The molecule has 0 saturated heterocycles. The van der Waals surface area contributed by atoms with Crippen molar-refractivity contribution >= 4 is 26.2 Å². The molecule has 0 bridgehead atoms. The maximum Gasteiger partial charge on any atom is 0.356 e. The van der Waals surface area contributed by atoms with Crippen LogP contribution in [0.1, 0.15) is 5.56 Å². The van der Waals surface area contributed by atoms with Gasteiger partial charge in [-0.25, -0.2) is 0 Å². The van der Waals surface area contributed by atoms with E-state index in [1.165, 1.54) is 6.07 Å². The molecule has 0 spiro atoms. The smallest absolute Gasteiger partial charge is 0.356 e. The van der Waals surface area contributed by atoms with Crippen LogP contribution >= 0.6 is 15.2 Å². The number of rotatable bonds is 5. The lowest BCUT2D eigenvalue weighted by Gasteiger charge is -2.16. The van der Waals surface area contributed by atoms with Crippen LogP contribution in [-0.4, -0.2) is 30.5 Å². The molecule has 0 aliphatic carbocycles. The molecule has 0 aliphatic heterocycles. The Balaban J connectivity index is 3.11. The van der Waals surface area contributed by atoms with Crippen LogP contribution in [-0.2, 0) is 15.6 Å². The van der Waals surface area contributed by atoms with Crippen LogP contribution in [0.3, 0.4) is 0 Å². The summed E-state index contributed by atoms with van der Waals surface area (Å²) in [7, 11) is -9.12. The Morgan fingerprint density at radius 2 is 1.79 bits per heavy atom. The van der Waals surface area contributed by atoms with Crippen LogP contribution in [0.2, 0.25) is 0 Å². The highest BCUT2D eigenvalue weighted by Gasteiger charge is 2.27. The second-order valence-corrected chi connectivity index (χ2v) is 7.18. The number of hydrogen-bond acceptors (Lipinski definition) is 5. The Morgan fingerprint density at radius 1 is 1.21 bits per heavy atom. The highest BCUT2D eigenvalue weighted by atomic mass is 31.2. The minimum atomic E-state index is -4.66. The molecule has 0 aliphatic rings. The monoisotopic (exact) mass is 312 g/mol. The van der Waals surface area contributed by atoms with Gasteiger partial charge in [-0.05, 0) is 17.7 Å². The van der Waals surface area contributed by atoms with Crippen LogP contribution in [0.25, 0.3) is 0 Å². The summed E-state index contributed by atoms with van der Waals surface area (Å²) < 4.78 is 21.9. The summed E-state index contributed by atoms with van der Waals surface area (Å²) in [5, 5.41) is 9.01. The molecule has 1 unspecified atom stereocenters. The van der Waals surface area contributed by atoms with Crippen molar-refractivity contribution in [1.29, 1.82) is 0 Å². The SMILES string of the molecule is NNc1cc(P(=O)(O)O)ccc1CC(O)P(=O)(O)O. The highest BCUT2D eigenvalue weighted by Crippen LogP contribution is 2.42. The van der Waals surface area contributed by atoms with Gasteiger partial charge in [0.1, 0.15) is 0 Å². The molecule has 0 radical (unpaired) electrons. The minimum absolute atomic E-state index is 0.0633. The highest BCUT2D eigenvalue weighted by molar-refractivity contribution is 7.60. The summed E-state index contributed by atoms with van der Waals surface area (Å²) in [5.41, 5.74) is 2.44. The van der Waals surface area contributed by atoms with Gasteiger partial charge in [0, 0.05) is 6.42 Å². The first-order chi connectivity index (χ1) is 8.55. The van der Waals surface area contributed by atoms with E-state index < -0.39 is 27.5 Å². The quantitative estimate of drug-likeness (QED) is 0.200. The summed E-state index contributed by atoms with van der Waals surface area (Å²) >= 11 is 0. The molecular weight excluding hydrogens is 298 g/mol. The standard InChI is InChI=1S/C8H14N2O7P2/c9-10-7-4-6(18(12,13)14)2-1-5(7)3-8(11)19(15,16)17/h1-2,4,8,10-11H,3,9H2,(H2,12,13,14)(H2,15,16,17). The number of aliphatic hydroxyl groups excluding tert-OH is 1. The molecule has 0 saturated carbocycles. The van der Waals surface area contributed by atoms with Gasteiger partial charge in [-0.2, -0.15) is 0 Å². The molecule has 1 aromatic carbocycles. The average Bonchev–Trinajstić information content (AvgIpc) is 2.26. The number of nitrogen functional groups attached to an aromatic ring is 1. The molecule has 0 heterocycles. The number of anilines is 1. The maximum absolute atomic E-state index is 11.0. The summed E-state index contributed by atoms with van der Waals surface area (Å²) in [4.78, 5) is 35.5. The normalized spacial score (nSPS) is 14.2. The van der Waals surface area contributed by atoms with Gasteiger partial charge >= 0.3 is 15.2 Å². The van der Waals surface area contributed by atoms with Crippen LogP contribution in [0.4, 0.5) is 5.69 Å². The predicted molar refractivity (Wildman–Crippen MR) is 67.7 cm³/mol. The van der Waals surface area contributed by atoms with E-state index in [4.69, 9.17) is 25.4 Å². The van der Waals surface area contributed by atoms with Crippen molar-refractivity contribution in [3.8, 4) is 0 Å². The molecule has 0 fully saturated rings. The fourth-order valence-electron chi connectivity index (χ4n) is 1.37. The van der Waals surface area contributed by atoms with Gasteiger partial charge in [0.25, 0.3) is 0 Å². The largest absolute Gasteiger partial charge is 0.380 e. The Kier molecular flexibility index (Phi) is 4.89. The second kappa shape index (κ2) is 5.70. The fraction of sp³-hybridized carbons (Fsp3) is 0.250. The third-order valence-electron chi connectivity index (χ3n) is 2.38. The average molecular weight is 312 g/mol. The lowest BCUT2D eigenvalue weighted by Crippen LogP contribution is -2.17. The van der Waals surface area contributed by atoms with Gasteiger partial charge < -0.3 is 30.1 Å². The summed E-state index contributed by atoms with van der Waals surface area (Å²) in [6, 6.07) is 3.38. The van der Waals surface area contributed by atoms with Gasteiger partial charge in [0.05, 0.1) is 11.0 Å². The molecule has 19 heavy (non-hydrogen) atoms. The van der Waals surface area contributed by atoms with Crippen molar-refractivity contribution in [1.82, 2.24) is 0 Å². The van der Waals surface area contributed by atoms with E-state index in [1.807, 2.05) is 0 Å². The molecule has 1 atom stereocenters. The van der Waals surface area contributed by atoms with E-state index in [9.17, 15) is 14.2 Å². The first-order valence-corrected chi connectivity index (χ1v) is 8.24. The van der Waals surface area contributed by atoms with Crippen LogP contribution in [0.15, 0.2) is 18.2 Å². The number of benzene rings is 1. The summed E-state index contributed by atoms with van der Waals surface area (Å²) in [6.45, 7) is 0. The summed E-state index contributed by atoms with van der Waals surface area (Å²) in [5.74, 6) is 3.25. The molecule has 9 nitrogen and oxygen atoms in total. The van der Waals surface area contributed by atoms with E-state index in [0.717, 1.165) is 12.1 Å². The van der Waals surface area contributed by atoms with Crippen molar-refractivity contribution in [2.24, 2.45) is 5.84 Å². The van der Waals surface area contributed by atoms with Crippen molar-refractivity contribution < 1.29 is 33.8 Å². The first-order valence-electron chi connectivity index (χ1n) is 4.94. The number of nitrogens with two attached hydrogens (primary N) is 1. The number of hydrazine groups is 1. The molecule has 108 valence electrons. The Hall–Kier alpha value is -0.760. The maximum atomic E-state index is 11.0. The predicted octanol–water partition coefficient (Wildman–Crippen LogP) is -1.19. The molecule has 1 rings (SSSR count). The van der Waals surface area contributed by atoms with Gasteiger partial charge in [-0.15, -0.1) is 0 Å². The van der Waals surface area contributed by atoms with E-state index >= 15 is 0 Å². The third-order valence-corrected chi connectivity index (χ3v) is 4.29. The molecule has 1 aromatic rings. The Morgan fingerprint density at radius 3 is 2.21 bits per heavy atom. The molecule has 8 N–H and O–H groups in total. The van der Waals surface area contributed by atoms with Crippen molar-refractivity contribution in [2.45, 2.75) is 12.3 Å². The molecule has 0 amide bonds. The third kappa shape index (κ3) is 4.38. The van der Waals surface area contributed by atoms with Crippen LogP contribution < -0.4 is 16.6 Å². The van der Waals surface area contributed by atoms with Crippen molar-refractivity contribution in [3.05, 3.63) is 23.8 Å². The number of aliphatic hydroxyl groups is 1. The molecule has 11 heteroatoms. The van der Waals surface area contributed by atoms with Gasteiger partial charge in [0.15, 0.2) is 5.85 Å². The summed E-state index contributed by atoms with van der Waals surface area (Å²) in [6.07, 6.45) is -0.411. The van der Waals surface area contributed by atoms with E-state index in [2.05, 4.69) is 5.43 Å². The van der Waals surface area contributed by atoms with E-state index in [1.54, 1.807) is 0 Å². The van der Waals surface area contributed by atoms with Gasteiger partial charge in [0.2, 0.25) is 0 Å². The van der Waals surface area contributed by atoms with Crippen molar-refractivity contribution in [2.75, 3.05) is 5.43 Å². The minimum Gasteiger partial charge on any atom is -0.380 e. The van der Waals surface area contributed by atoms with Crippen LogP contribution in [0.5, 0.6) is 0 Å². The Labute approximate surface area is 108 Å². The topological polar surface area (TPSA) is 173 Å². The number of nitrogens with one attached hydrogen (secondary N) is 1. The molecule has 0 aromatic heterocycles. The van der Waals surface area contributed by atoms with Crippen LogP contribution in [0, 0.1) is 0 Å². The van der Waals surface area contributed by atoms with Gasteiger partial charge in [-0.3, -0.25) is 15.0 Å². The van der Waals surface area contributed by atoms with Gasteiger partial charge in [-0.1, -0.05) is 6.07 Å². The fourth-order valence-corrected chi connectivity index (χ4v) is 2.37. The Bertz CT molecular complexity index is 552. The lowest BCUT2D eigenvalue weighted by atomic mass is 10.1. The molecular formula is C8H14N2O7P2. The lowest BCUT2D eigenvalue weighted by molar-refractivity contribution is 0.202. The van der Waals surface area contributed by atoms with E-state index in [-0.39, 0.29) is 16.6 Å². The second-order valence-electron chi connectivity index (χ2n) is 3.80.